The number of nitrogens with one attached hydrogen (secondary N) is 1. The molecule has 0 aromatic carbocycles. The van der Waals surface area contributed by atoms with Crippen LogP contribution in [-0.4, -0.2) is 24.6 Å². The highest BCUT2D eigenvalue weighted by atomic mass is 32.1. The number of nitrogens with zero attached hydrogens (tertiary/aromatic N) is 2. The van der Waals surface area contributed by atoms with Crippen LogP contribution < -0.4 is 10.2 Å². The summed E-state index contributed by atoms with van der Waals surface area (Å²) in [5.74, 6) is 0.649. The zero-order valence-corrected chi connectivity index (χ0v) is 13.7. The molecule has 2 atom stereocenters. The predicted molar refractivity (Wildman–Crippen MR) is 84.2 cm³/mol. The van der Waals surface area contributed by atoms with Crippen molar-refractivity contribution in [3.05, 3.63) is 10.6 Å². The van der Waals surface area contributed by atoms with Crippen LogP contribution in [0.1, 0.15) is 57.1 Å². The lowest BCUT2D eigenvalue weighted by atomic mass is 9.98. The predicted octanol–water partition coefficient (Wildman–Crippen LogP) is 3.61. The molecule has 0 aliphatic heterocycles. The van der Waals surface area contributed by atoms with Crippen molar-refractivity contribution < 1.29 is 0 Å². The summed E-state index contributed by atoms with van der Waals surface area (Å²) in [6, 6.07) is 1.01. The molecule has 1 heterocycles. The number of hydrogen-bond acceptors (Lipinski definition) is 4. The fraction of sp³-hybridized carbons (Fsp3) is 0.800. The van der Waals surface area contributed by atoms with Gasteiger partial charge in [-0.05, 0) is 38.6 Å². The van der Waals surface area contributed by atoms with E-state index in [4.69, 9.17) is 4.98 Å². The normalized spacial score (nSPS) is 20.4. The summed E-state index contributed by atoms with van der Waals surface area (Å²) in [5.41, 5.74) is 1.32. The van der Waals surface area contributed by atoms with Gasteiger partial charge in [-0.2, -0.15) is 0 Å². The quantitative estimate of drug-likeness (QED) is 0.893. The number of hydrogen-bond donors (Lipinski definition) is 1. The Labute approximate surface area is 121 Å². The molecule has 1 N–H and O–H groups in total. The Morgan fingerprint density at radius 1 is 1.42 bits per heavy atom. The Morgan fingerprint density at radius 2 is 2.16 bits per heavy atom. The Kier molecular flexibility index (Phi) is 4.85. The molecular formula is C15H27N3S. The maximum Gasteiger partial charge on any atom is 0.185 e. The molecule has 3 nitrogen and oxygen atoms in total. The van der Waals surface area contributed by atoms with E-state index in [9.17, 15) is 0 Å². The molecule has 0 radical (unpaired) electrons. The SMILES string of the molecule is CCNC1CCCc2sc(N(C)C(C)C(C)C)nc21. The van der Waals surface area contributed by atoms with E-state index in [1.165, 1.54) is 35.0 Å². The van der Waals surface area contributed by atoms with Gasteiger partial charge in [0.25, 0.3) is 0 Å². The number of rotatable bonds is 5. The van der Waals surface area contributed by atoms with E-state index in [0.29, 0.717) is 18.0 Å². The van der Waals surface area contributed by atoms with Crippen LogP contribution in [0.3, 0.4) is 0 Å². The zero-order chi connectivity index (χ0) is 14.0. The summed E-state index contributed by atoms with van der Waals surface area (Å²) in [4.78, 5) is 8.78. The number of anilines is 1. The summed E-state index contributed by atoms with van der Waals surface area (Å²) >= 11 is 1.89. The lowest BCUT2D eigenvalue weighted by Crippen LogP contribution is -2.33. The van der Waals surface area contributed by atoms with Gasteiger partial charge in [0.1, 0.15) is 0 Å². The fourth-order valence-corrected chi connectivity index (χ4v) is 3.84. The standard InChI is InChI=1S/C15H27N3S/c1-6-16-12-8-7-9-13-14(12)17-15(19-13)18(5)11(4)10(2)3/h10-12,16H,6-9H2,1-5H3. The minimum Gasteiger partial charge on any atom is -0.348 e. The number of thiazole rings is 1. The monoisotopic (exact) mass is 281 g/mol. The van der Waals surface area contributed by atoms with Crippen molar-refractivity contribution in [3.63, 3.8) is 0 Å². The third-order valence-electron chi connectivity index (χ3n) is 4.27. The Bertz CT molecular complexity index is 414. The first-order valence-electron chi connectivity index (χ1n) is 7.50. The van der Waals surface area contributed by atoms with Crippen molar-refractivity contribution >= 4 is 16.5 Å². The van der Waals surface area contributed by atoms with Crippen LogP contribution in [0.5, 0.6) is 0 Å². The molecule has 2 unspecified atom stereocenters. The molecule has 0 bridgehead atoms. The van der Waals surface area contributed by atoms with E-state index in [-0.39, 0.29) is 0 Å². The number of aromatic nitrogens is 1. The van der Waals surface area contributed by atoms with Crippen molar-refractivity contribution in [1.29, 1.82) is 0 Å². The second kappa shape index (κ2) is 6.23. The third-order valence-corrected chi connectivity index (χ3v) is 5.49. The minimum absolute atomic E-state index is 0.474. The maximum atomic E-state index is 4.94. The van der Waals surface area contributed by atoms with Crippen molar-refractivity contribution in [2.45, 2.75) is 59.0 Å². The van der Waals surface area contributed by atoms with E-state index in [2.05, 4.69) is 45.0 Å². The van der Waals surface area contributed by atoms with Crippen LogP contribution in [0, 0.1) is 5.92 Å². The Morgan fingerprint density at radius 3 is 2.79 bits per heavy atom. The van der Waals surface area contributed by atoms with Crippen molar-refractivity contribution in [2.24, 2.45) is 5.92 Å². The smallest absolute Gasteiger partial charge is 0.185 e. The van der Waals surface area contributed by atoms with Crippen LogP contribution in [0.15, 0.2) is 0 Å². The van der Waals surface area contributed by atoms with Gasteiger partial charge >= 0.3 is 0 Å². The average molecular weight is 281 g/mol. The van der Waals surface area contributed by atoms with Crippen LogP contribution in [0.4, 0.5) is 5.13 Å². The summed E-state index contributed by atoms with van der Waals surface area (Å²) in [7, 11) is 2.18. The van der Waals surface area contributed by atoms with E-state index >= 15 is 0 Å². The van der Waals surface area contributed by atoms with Crippen molar-refractivity contribution in [1.82, 2.24) is 10.3 Å². The largest absolute Gasteiger partial charge is 0.348 e. The topological polar surface area (TPSA) is 28.2 Å². The molecule has 2 rings (SSSR count). The lowest BCUT2D eigenvalue weighted by Gasteiger charge is -2.27. The third kappa shape index (κ3) is 3.11. The maximum absolute atomic E-state index is 4.94. The molecular weight excluding hydrogens is 254 g/mol. The van der Waals surface area contributed by atoms with E-state index in [0.717, 1.165) is 6.54 Å². The molecule has 1 aromatic heterocycles. The molecule has 4 heteroatoms. The Balaban J connectivity index is 2.21. The summed E-state index contributed by atoms with van der Waals surface area (Å²) in [6.45, 7) is 10.0. The molecule has 1 aromatic rings. The van der Waals surface area contributed by atoms with Crippen LogP contribution >= 0.6 is 11.3 Å². The van der Waals surface area contributed by atoms with E-state index in [1.54, 1.807) is 0 Å². The van der Waals surface area contributed by atoms with Crippen LogP contribution in [0.2, 0.25) is 0 Å². The molecule has 0 saturated carbocycles. The highest BCUT2D eigenvalue weighted by molar-refractivity contribution is 7.15. The minimum atomic E-state index is 0.474. The van der Waals surface area contributed by atoms with Gasteiger partial charge in [0.2, 0.25) is 0 Å². The van der Waals surface area contributed by atoms with Crippen LogP contribution in [-0.2, 0) is 6.42 Å². The van der Waals surface area contributed by atoms with Gasteiger partial charge in [0.15, 0.2) is 5.13 Å². The second-order valence-corrected chi connectivity index (χ2v) is 6.96. The van der Waals surface area contributed by atoms with Gasteiger partial charge in [-0.25, -0.2) is 4.98 Å². The molecule has 0 saturated heterocycles. The number of fused-ring (bicyclic) bond motifs is 1. The molecule has 1 aliphatic carbocycles. The molecule has 19 heavy (non-hydrogen) atoms. The number of aryl methyl sites for hydroxylation is 1. The van der Waals surface area contributed by atoms with Crippen molar-refractivity contribution in [2.75, 3.05) is 18.5 Å². The molecule has 1 aliphatic rings. The molecule has 0 amide bonds. The van der Waals surface area contributed by atoms with Gasteiger partial charge in [-0.1, -0.05) is 20.8 Å². The summed E-state index contributed by atoms with van der Waals surface area (Å²) in [6.07, 6.45) is 3.72. The second-order valence-electron chi connectivity index (χ2n) is 5.90. The first kappa shape index (κ1) is 14.8. The fourth-order valence-electron chi connectivity index (χ4n) is 2.62. The summed E-state index contributed by atoms with van der Waals surface area (Å²) in [5, 5.41) is 4.76. The summed E-state index contributed by atoms with van der Waals surface area (Å²) < 4.78 is 0. The highest BCUT2D eigenvalue weighted by Gasteiger charge is 2.26. The molecule has 0 fully saturated rings. The Hall–Kier alpha value is -0.610. The highest BCUT2D eigenvalue weighted by Crippen LogP contribution is 2.37. The molecule has 108 valence electrons. The first-order chi connectivity index (χ1) is 9.04. The first-order valence-corrected chi connectivity index (χ1v) is 8.32. The van der Waals surface area contributed by atoms with E-state index < -0.39 is 0 Å². The van der Waals surface area contributed by atoms with Crippen LogP contribution in [0.25, 0.3) is 0 Å². The van der Waals surface area contributed by atoms with Gasteiger partial charge in [-0.15, -0.1) is 11.3 Å². The van der Waals surface area contributed by atoms with Gasteiger partial charge in [0.05, 0.1) is 11.7 Å². The van der Waals surface area contributed by atoms with E-state index in [1.807, 2.05) is 11.3 Å². The average Bonchev–Trinajstić information content (AvgIpc) is 2.82. The van der Waals surface area contributed by atoms with Crippen molar-refractivity contribution in [3.8, 4) is 0 Å². The van der Waals surface area contributed by atoms with Gasteiger partial charge < -0.3 is 10.2 Å². The molecule has 0 spiro atoms. The lowest BCUT2D eigenvalue weighted by molar-refractivity contribution is 0.464. The zero-order valence-electron chi connectivity index (χ0n) is 12.9. The van der Waals surface area contributed by atoms with Gasteiger partial charge in [-0.3, -0.25) is 0 Å². The van der Waals surface area contributed by atoms with Gasteiger partial charge in [0, 0.05) is 18.0 Å².